The molecule has 0 bridgehead atoms. The molecule has 1 aliphatic heterocycles. The van der Waals surface area contributed by atoms with Crippen LogP contribution in [0, 0.1) is 5.92 Å². The van der Waals surface area contributed by atoms with Gasteiger partial charge in [-0.05, 0) is 7.05 Å². The Morgan fingerprint density at radius 1 is 1.17 bits per heavy atom. The van der Waals surface area contributed by atoms with Gasteiger partial charge in [0, 0.05) is 45.7 Å². The number of nitrogens with zero attached hydrogens (tertiary/aromatic N) is 2. The maximum Gasteiger partial charge on any atom is 0.233 e. The zero-order valence-corrected chi connectivity index (χ0v) is 11.5. The minimum absolute atomic E-state index is 0.0143. The highest BCUT2D eigenvalue weighted by Gasteiger charge is 2.24. The summed E-state index contributed by atoms with van der Waals surface area (Å²) in [6, 6.07) is 0. The Morgan fingerprint density at radius 3 is 2.28 bits per heavy atom. The van der Waals surface area contributed by atoms with Crippen molar-refractivity contribution < 1.29 is 9.59 Å². The molecule has 1 heterocycles. The molecule has 0 aromatic carbocycles. The van der Waals surface area contributed by atoms with Gasteiger partial charge in [-0.1, -0.05) is 6.92 Å². The van der Waals surface area contributed by atoms with Crippen molar-refractivity contribution in [2.75, 3.05) is 53.4 Å². The summed E-state index contributed by atoms with van der Waals surface area (Å²) in [5.74, 6) is 0.239. The van der Waals surface area contributed by atoms with Gasteiger partial charge in [-0.15, -0.1) is 0 Å². The SMILES string of the molecule is CNCC(C)C(=O)N1CCN(CC(=O)NC)CC1. The third kappa shape index (κ3) is 4.27. The molecule has 2 amide bonds. The van der Waals surface area contributed by atoms with Gasteiger partial charge in [0.05, 0.1) is 6.54 Å². The normalized spacial score (nSPS) is 18.5. The van der Waals surface area contributed by atoms with Crippen LogP contribution < -0.4 is 10.6 Å². The lowest BCUT2D eigenvalue weighted by Crippen LogP contribution is -2.52. The van der Waals surface area contributed by atoms with Crippen LogP contribution >= 0.6 is 0 Å². The molecule has 1 atom stereocenters. The van der Waals surface area contributed by atoms with Gasteiger partial charge in [0.25, 0.3) is 0 Å². The van der Waals surface area contributed by atoms with Gasteiger partial charge in [0.15, 0.2) is 0 Å². The van der Waals surface area contributed by atoms with Crippen LogP contribution in [0.1, 0.15) is 6.92 Å². The van der Waals surface area contributed by atoms with Crippen molar-refractivity contribution in [2.45, 2.75) is 6.92 Å². The van der Waals surface area contributed by atoms with Crippen LogP contribution in [0.4, 0.5) is 0 Å². The first-order valence-electron chi connectivity index (χ1n) is 6.44. The summed E-state index contributed by atoms with van der Waals surface area (Å²) in [7, 11) is 3.49. The summed E-state index contributed by atoms with van der Waals surface area (Å²) < 4.78 is 0. The summed E-state index contributed by atoms with van der Waals surface area (Å²) in [5.41, 5.74) is 0. The minimum atomic E-state index is 0.0143. The quantitative estimate of drug-likeness (QED) is 0.644. The van der Waals surface area contributed by atoms with Gasteiger partial charge >= 0.3 is 0 Å². The predicted molar refractivity (Wildman–Crippen MR) is 70.2 cm³/mol. The first-order chi connectivity index (χ1) is 8.58. The van der Waals surface area contributed by atoms with Crippen LogP contribution in [0.5, 0.6) is 0 Å². The Labute approximate surface area is 109 Å². The zero-order valence-electron chi connectivity index (χ0n) is 11.5. The maximum atomic E-state index is 12.1. The van der Waals surface area contributed by atoms with Crippen LogP contribution in [0.3, 0.4) is 0 Å². The van der Waals surface area contributed by atoms with Crippen molar-refractivity contribution in [3.63, 3.8) is 0 Å². The van der Waals surface area contributed by atoms with Crippen LogP contribution in [0.25, 0.3) is 0 Å². The lowest BCUT2D eigenvalue weighted by Gasteiger charge is -2.35. The molecule has 104 valence electrons. The number of likely N-dealkylation sites (N-methyl/N-ethyl adjacent to an activating group) is 1. The number of carbonyl (C=O) groups excluding carboxylic acids is 2. The van der Waals surface area contributed by atoms with Crippen molar-refractivity contribution in [3.05, 3.63) is 0 Å². The second kappa shape index (κ2) is 7.33. The van der Waals surface area contributed by atoms with Crippen LogP contribution in [0.2, 0.25) is 0 Å². The van der Waals surface area contributed by atoms with Crippen LogP contribution in [-0.4, -0.2) is 75.0 Å². The Bertz CT molecular complexity index is 288. The maximum absolute atomic E-state index is 12.1. The van der Waals surface area contributed by atoms with Crippen molar-refractivity contribution in [1.82, 2.24) is 20.4 Å². The molecule has 0 aliphatic carbocycles. The number of nitrogens with one attached hydrogen (secondary N) is 2. The highest BCUT2D eigenvalue weighted by atomic mass is 16.2. The predicted octanol–water partition coefficient (Wildman–Crippen LogP) is -1.27. The molecule has 0 spiro atoms. The monoisotopic (exact) mass is 256 g/mol. The van der Waals surface area contributed by atoms with Crippen LogP contribution in [-0.2, 0) is 9.59 Å². The highest BCUT2D eigenvalue weighted by molar-refractivity contribution is 5.79. The lowest BCUT2D eigenvalue weighted by atomic mass is 10.1. The van der Waals surface area contributed by atoms with Gasteiger partial charge < -0.3 is 15.5 Å². The molecule has 6 heteroatoms. The topological polar surface area (TPSA) is 64.7 Å². The van der Waals surface area contributed by atoms with Gasteiger partial charge in [-0.3, -0.25) is 14.5 Å². The molecule has 18 heavy (non-hydrogen) atoms. The summed E-state index contributed by atoms with van der Waals surface area (Å²) in [5, 5.41) is 5.63. The highest BCUT2D eigenvalue weighted by Crippen LogP contribution is 2.06. The van der Waals surface area contributed by atoms with E-state index in [1.54, 1.807) is 7.05 Å². The average molecular weight is 256 g/mol. The van der Waals surface area contributed by atoms with E-state index >= 15 is 0 Å². The number of piperazine rings is 1. The minimum Gasteiger partial charge on any atom is -0.358 e. The van der Waals surface area contributed by atoms with Crippen molar-refractivity contribution in [1.29, 1.82) is 0 Å². The van der Waals surface area contributed by atoms with Gasteiger partial charge in [-0.25, -0.2) is 0 Å². The third-order valence-corrected chi connectivity index (χ3v) is 3.26. The lowest BCUT2D eigenvalue weighted by molar-refractivity contribution is -0.136. The Hall–Kier alpha value is -1.14. The van der Waals surface area contributed by atoms with Gasteiger partial charge in [-0.2, -0.15) is 0 Å². The van der Waals surface area contributed by atoms with E-state index in [2.05, 4.69) is 15.5 Å². The Morgan fingerprint density at radius 2 is 1.78 bits per heavy atom. The summed E-state index contributed by atoms with van der Waals surface area (Å²) >= 11 is 0. The molecule has 1 saturated heterocycles. The Balaban J connectivity index is 2.34. The van der Waals surface area contributed by atoms with E-state index in [1.165, 1.54) is 0 Å². The fraction of sp³-hybridized carbons (Fsp3) is 0.833. The third-order valence-electron chi connectivity index (χ3n) is 3.26. The van der Waals surface area contributed by atoms with E-state index in [0.717, 1.165) is 13.1 Å². The molecule has 1 fully saturated rings. The second-order valence-electron chi connectivity index (χ2n) is 4.73. The first kappa shape index (κ1) is 14.9. The fourth-order valence-electron chi connectivity index (χ4n) is 2.11. The summed E-state index contributed by atoms with van der Waals surface area (Å²) in [4.78, 5) is 27.3. The average Bonchev–Trinajstić information content (AvgIpc) is 2.39. The smallest absolute Gasteiger partial charge is 0.233 e. The van der Waals surface area contributed by atoms with Crippen molar-refractivity contribution >= 4 is 11.8 Å². The number of hydrogen-bond acceptors (Lipinski definition) is 4. The van der Waals surface area contributed by atoms with Crippen LogP contribution in [0.15, 0.2) is 0 Å². The molecule has 0 aromatic heterocycles. The standard InChI is InChI=1S/C12H24N4O2/c1-10(8-13-2)12(18)16-6-4-15(5-7-16)9-11(17)14-3/h10,13H,4-9H2,1-3H3,(H,14,17). The molecule has 0 aromatic rings. The molecular formula is C12H24N4O2. The van der Waals surface area contributed by atoms with E-state index in [9.17, 15) is 9.59 Å². The zero-order chi connectivity index (χ0) is 13.5. The molecule has 0 saturated carbocycles. The number of rotatable bonds is 5. The van der Waals surface area contributed by atoms with Gasteiger partial charge in [0.1, 0.15) is 0 Å². The largest absolute Gasteiger partial charge is 0.358 e. The molecule has 1 aliphatic rings. The summed E-state index contributed by atoms with van der Waals surface area (Å²) in [6.07, 6.45) is 0. The number of amides is 2. The van der Waals surface area contributed by atoms with E-state index in [1.807, 2.05) is 18.9 Å². The number of carbonyl (C=O) groups is 2. The molecule has 1 unspecified atom stereocenters. The van der Waals surface area contributed by atoms with E-state index < -0.39 is 0 Å². The van der Waals surface area contributed by atoms with E-state index in [-0.39, 0.29) is 17.7 Å². The van der Waals surface area contributed by atoms with E-state index in [4.69, 9.17) is 0 Å². The van der Waals surface area contributed by atoms with Crippen molar-refractivity contribution in [2.24, 2.45) is 5.92 Å². The Kier molecular flexibility index (Phi) is 6.07. The molecule has 6 nitrogen and oxygen atoms in total. The molecule has 1 rings (SSSR count). The number of hydrogen-bond donors (Lipinski definition) is 2. The van der Waals surface area contributed by atoms with Crippen molar-refractivity contribution in [3.8, 4) is 0 Å². The summed E-state index contributed by atoms with van der Waals surface area (Å²) in [6.45, 7) is 6.03. The first-order valence-corrected chi connectivity index (χ1v) is 6.44. The van der Waals surface area contributed by atoms with Gasteiger partial charge in [0.2, 0.25) is 11.8 Å². The van der Waals surface area contributed by atoms with E-state index in [0.29, 0.717) is 26.2 Å². The molecule has 2 N–H and O–H groups in total. The molecular weight excluding hydrogens is 232 g/mol. The fourth-order valence-corrected chi connectivity index (χ4v) is 2.11. The molecule has 0 radical (unpaired) electrons. The second-order valence-corrected chi connectivity index (χ2v) is 4.73.